The molecule has 0 aliphatic carbocycles. The van der Waals surface area contributed by atoms with E-state index in [4.69, 9.17) is 4.42 Å². The van der Waals surface area contributed by atoms with Gasteiger partial charge in [0.05, 0.1) is 37.1 Å². The highest BCUT2D eigenvalue weighted by atomic mass is 16.6. The molecule has 1 aromatic heterocycles. The number of Topliss-reactive ketones (excluding diaryl/α,β-unsaturated/α-hetero) is 1. The van der Waals surface area contributed by atoms with Crippen molar-refractivity contribution in [2.45, 2.75) is 19.9 Å². The van der Waals surface area contributed by atoms with Gasteiger partial charge in [-0.2, -0.15) is 0 Å². The number of quaternary nitrogens is 1. The molecular weight excluding hydrogens is 438 g/mol. The molecular formula is C25H25N3O6. The van der Waals surface area contributed by atoms with Gasteiger partial charge in [-0.1, -0.05) is 30.3 Å². The first-order chi connectivity index (χ1) is 16.3. The molecule has 0 radical (unpaired) electrons. The zero-order valence-electron chi connectivity index (χ0n) is 18.9. The number of non-ortho nitro benzene ring substituents is 1. The second-order valence-corrected chi connectivity index (χ2v) is 8.18. The Kier molecular flexibility index (Phi) is 6.47. The summed E-state index contributed by atoms with van der Waals surface area (Å²) in [6, 6.07) is 13.3. The van der Waals surface area contributed by atoms with Crippen molar-refractivity contribution in [3.63, 3.8) is 0 Å². The highest BCUT2D eigenvalue weighted by Crippen LogP contribution is 2.39. The number of furan rings is 1. The van der Waals surface area contributed by atoms with Crippen molar-refractivity contribution >= 4 is 28.3 Å². The van der Waals surface area contributed by atoms with Crippen molar-refractivity contribution in [1.82, 2.24) is 4.90 Å². The maximum atomic E-state index is 13.5. The van der Waals surface area contributed by atoms with Gasteiger partial charge >= 0.3 is 0 Å². The lowest BCUT2D eigenvalue weighted by Crippen LogP contribution is -3.12. The normalized spacial score (nSPS) is 16.1. The van der Waals surface area contributed by atoms with Gasteiger partial charge in [0.25, 0.3) is 5.69 Å². The van der Waals surface area contributed by atoms with Gasteiger partial charge in [-0.05, 0) is 37.3 Å². The molecule has 1 unspecified atom stereocenters. The summed E-state index contributed by atoms with van der Waals surface area (Å²) < 4.78 is 5.68. The Balaban J connectivity index is 1.78. The fourth-order valence-electron chi connectivity index (χ4n) is 4.36. The van der Waals surface area contributed by atoms with Crippen LogP contribution in [0.25, 0.3) is 11.0 Å². The summed E-state index contributed by atoms with van der Waals surface area (Å²) in [6.07, 6.45) is 0. The number of nitro benzene ring substituents is 1. The monoisotopic (exact) mass is 463 g/mol. The molecule has 2 heterocycles. The summed E-state index contributed by atoms with van der Waals surface area (Å²) in [5.41, 5.74) is 0.382. The highest BCUT2D eigenvalue weighted by molar-refractivity contribution is 6.15. The SMILES string of the molecule is CC[NH+](CC)CCN1C(=O)C([O-])=C(C(=O)c2cc3ccccc3o2)C1c1cccc([N+](=O)[O-])c1. The molecule has 34 heavy (non-hydrogen) atoms. The van der Waals surface area contributed by atoms with E-state index in [0.717, 1.165) is 13.1 Å². The van der Waals surface area contributed by atoms with Crippen LogP contribution in [-0.2, 0) is 4.79 Å². The number of fused-ring (bicyclic) bond motifs is 1. The number of hydrogen-bond donors (Lipinski definition) is 1. The van der Waals surface area contributed by atoms with Crippen molar-refractivity contribution in [2.75, 3.05) is 26.2 Å². The fourth-order valence-corrected chi connectivity index (χ4v) is 4.36. The molecule has 0 bridgehead atoms. The van der Waals surface area contributed by atoms with Crippen molar-refractivity contribution in [2.24, 2.45) is 0 Å². The van der Waals surface area contributed by atoms with Crippen LogP contribution in [0, 0.1) is 10.1 Å². The lowest BCUT2D eigenvalue weighted by molar-refractivity contribution is -0.895. The second kappa shape index (κ2) is 9.48. The number of benzene rings is 2. The minimum Gasteiger partial charge on any atom is -0.868 e. The van der Waals surface area contributed by atoms with Crippen LogP contribution in [0.3, 0.4) is 0 Å². The van der Waals surface area contributed by atoms with Gasteiger partial charge in [0, 0.05) is 23.1 Å². The first-order valence-electron chi connectivity index (χ1n) is 11.2. The van der Waals surface area contributed by atoms with Gasteiger partial charge in [0.2, 0.25) is 11.7 Å². The Labute approximate surface area is 196 Å². The van der Waals surface area contributed by atoms with E-state index in [2.05, 4.69) is 0 Å². The fraction of sp³-hybridized carbons (Fsp3) is 0.280. The number of likely N-dealkylation sites (N-methyl/N-ethyl adjacent to an activating group) is 1. The molecule has 4 rings (SSSR count). The number of amides is 1. The van der Waals surface area contributed by atoms with E-state index in [0.29, 0.717) is 23.1 Å². The number of nitrogens with zero attached hydrogens (tertiary/aromatic N) is 2. The van der Waals surface area contributed by atoms with E-state index in [-0.39, 0.29) is 23.6 Å². The van der Waals surface area contributed by atoms with E-state index in [1.165, 1.54) is 34.1 Å². The van der Waals surface area contributed by atoms with Gasteiger partial charge in [-0.25, -0.2) is 0 Å². The molecule has 9 heteroatoms. The Bertz CT molecular complexity index is 1260. The van der Waals surface area contributed by atoms with Crippen LogP contribution in [0.4, 0.5) is 5.69 Å². The largest absolute Gasteiger partial charge is 0.868 e. The third kappa shape index (κ3) is 4.17. The second-order valence-electron chi connectivity index (χ2n) is 8.18. The molecule has 1 amide bonds. The van der Waals surface area contributed by atoms with Crippen LogP contribution in [-0.4, -0.2) is 47.7 Å². The number of hydrogen-bond acceptors (Lipinski definition) is 6. The van der Waals surface area contributed by atoms with Crippen molar-refractivity contribution in [3.05, 3.63) is 87.4 Å². The lowest BCUT2D eigenvalue weighted by Gasteiger charge is -2.28. The van der Waals surface area contributed by atoms with E-state index in [1.54, 1.807) is 30.3 Å². The minimum atomic E-state index is -1.03. The van der Waals surface area contributed by atoms with E-state index < -0.39 is 28.4 Å². The quantitative estimate of drug-likeness (QED) is 0.293. The number of nitrogens with one attached hydrogen (secondary N) is 1. The average Bonchev–Trinajstić information content (AvgIpc) is 3.39. The maximum Gasteiger partial charge on any atom is 0.269 e. The van der Waals surface area contributed by atoms with Crippen LogP contribution in [0.15, 0.2) is 70.3 Å². The summed E-state index contributed by atoms with van der Waals surface area (Å²) >= 11 is 0. The molecule has 1 atom stereocenters. The molecule has 1 N–H and O–H groups in total. The number of nitro groups is 1. The van der Waals surface area contributed by atoms with Gasteiger partial charge in [0.15, 0.2) is 5.76 Å². The van der Waals surface area contributed by atoms with Gasteiger partial charge in [-0.3, -0.25) is 19.7 Å². The molecule has 3 aromatic rings. The topological polar surface area (TPSA) is 121 Å². The predicted octanol–water partition coefficient (Wildman–Crippen LogP) is 1.65. The Morgan fingerprint density at radius 2 is 1.85 bits per heavy atom. The Morgan fingerprint density at radius 1 is 1.12 bits per heavy atom. The first-order valence-corrected chi connectivity index (χ1v) is 11.2. The molecule has 0 fully saturated rings. The molecule has 0 spiro atoms. The zero-order valence-corrected chi connectivity index (χ0v) is 18.9. The van der Waals surface area contributed by atoms with Crippen molar-refractivity contribution in [1.29, 1.82) is 0 Å². The maximum absolute atomic E-state index is 13.5. The molecule has 1 aliphatic heterocycles. The predicted molar refractivity (Wildman–Crippen MR) is 122 cm³/mol. The van der Waals surface area contributed by atoms with E-state index in [9.17, 15) is 24.8 Å². The van der Waals surface area contributed by atoms with Crippen molar-refractivity contribution < 1.29 is 28.9 Å². The number of carbonyl (C=O) groups is 2. The molecule has 9 nitrogen and oxygen atoms in total. The molecule has 1 aliphatic rings. The smallest absolute Gasteiger partial charge is 0.269 e. The van der Waals surface area contributed by atoms with Crippen LogP contribution >= 0.6 is 0 Å². The number of ketones is 1. The molecule has 0 saturated heterocycles. The summed E-state index contributed by atoms with van der Waals surface area (Å²) in [7, 11) is 0. The van der Waals surface area contributed by atoms with Crippen LogP contribution in [0.2, 0.25) is 0 Å². The molecule has 0 saturated carbocycles. The number of para-hydroxylation sites is 1. The minimum absolute atomic E-state index is 0.0519. The summed E-state index contributed by atoms with van der Waals surface area (Å²) in [5, 5.41) is 25.2. The third-order valence-corrected chi connectivity index (χ3v) is 6.28. The highest BCUT2D eigenvalue weighted by Gasteiger charge is 2.41. The molecule has 176 valence electrons. The third-order valence-electron chi connectivity index (χ3n) is 6.28. The summed E-state index contributed by atoms with van der Waals surface area (Å²) in [5.74, 6) is -2.44. The number of carbonyl (C=O) groups excluding carboxylic acids is 2. The Morgan fingerprint density at radius 3 is 2.53 bits per heavy atom. The summed E-state index contributed by atoms with van der Waals surface area (Å²) in [4.78, 5) is 39.9. The number of rotatable bonds is 9. The van der Waals surface area contributed by atoms with Gasteiger partial charge in [0.1, 0.15) is 5.58 Å². The standard InChI is InChI=1S/C25H25N3O6/c1-3-26(4-2)12-13-27-22(17-9-7-10-18(14-17)28(32)33)21(24(30)25(27)31)23(29)20-15-16-8-5-6-11-19(16)34-20/h5-11,14-15,22,30H,3-4,12-13H2,1-2H3. The average molecular weight is 463 g/mol. The van der Waals surface area contributed by atoms with Gasteiger partial charge in [-0.15, -0.1) is 0 Å². The lowest BCUT2D eigenvalue weighted by atomic mass is 9.94. The van der Waals surface area contributed by atoms with Gasteiger partial charge < -0.3 is 19.3 Å². The van der Waals surface area contributed by atoms with Crippen LogP contribution < -0.4 is 10.0 Å². The zero-order chi connectivity index (χ0) is 24.4. The Hall–Kier alpha value is -3.98. The van der Waals surface area contributed by atoms with Crippen LogP contribution in [0.1, 0.15) is 36.0 Å². The molecule has 2 aromatic carbocycles. The van der Waals surface area contributed by atoms with E-state index >= 15 is 0 Å². The first kappa shape index (κ1) is 23.2. The van der Waals surface area contributed by atoms with Crippen molar-refractivity contribution in [3.8, 4) is 0 Å². The van der Waals surface area contributed by atoms with Crippen LogP contribution in [0.5, 0.6) is 0 Å². The van der Waals surface area contributed by atoms with E-state index in [1.807, 2.05) is 13.8 Å². The summed E-state index contributed by atoms with van der Waals surface area (Å²) in [6.45, 7) is 6.52.